The number of hydrogen-bond donors (Lipinski definition) is 0. The lowest BCUT2D eigenvalue weighted by Gasteiger charge is -2.45. The summed E-state index contributed by atoms with van der Waals surface area (Å²) in [6.07, 6.45) is 6.62. The Kier molecular flexibility index (Phi) is 5.21. The van der Waals surface area contributed by atoms with Gasteiger partial charge in [-0.05, 0) is 58.4 Å². The average Bonchev–Trinajstić information content (AvgIpc) is 2.84. The molecule has 3 heterocycles. The minimum atomic E-state index is -0.513. The maximum atomic E-state index is 13.2. The molecule has 3 aliphatic heterocycles. The Morgan fingerprint density at radius 3 is 2.39 bits per heavy atom. The number of likely N-dealkylation sites (tertiary alicyclic amines) is 3. The molecule has 1 spiro atoms. The summed E-state index contributed by atoms with van der Waals surface area (Å²) in [5, 5.41) is 0. The fourth-order valence-electron chi connectivity index (χ4n) is 5.26. The van der Waals surface area contributed by atoms with Crippen LogP contribution in [0.4, 0.5) is 4.79 Å². The molecule has 1 unspecified atom stereocenters. The molecule has 3 saturated heterocycles. The maximum absolute atomic E-state index is 13.2. The number of amides is 3. The van der Waals surface area contributed by atoms with Gasteiger partial charge in [-0.1, -0.05) is 6.58 Å². The molecule has 4 aliphatic rings. The first kappa shape index (κ1) is 19.4. The molecule has 0 bridgehead atoms. The van der Waals surface area contributed by atoms with Crippen molar-refractivity contribution in [2.75, 3.05) is 26.2 Å². The van der Waals surface area contributed by atoms with Gasteiger partial charge in [0.25, 0.3) is 0 Å². The van der Waals surface area contributed by atoms with Crippen molar-refractivity contribution in [2.45, 2.75) is 70.4 Å². The number of carbonyl (C=O) groups excluding carboxylic acids is 3. The Morgan fingerprint density at radius 1 is 1.07 bits per heavy atom. The number of rotatable bonds is 3. The summed E-state index contributed by atoms with van der Waals surface area (Å²) in [4.78, 5) is 43.6. The number of allylic oxidation sites excluding steroid dienone is 1. The molecule has 7 nitrogen and oxygen atoms in total. The first-order valence-electron chi connectivity index (χ1n) is 10.6. The van der Waals surface area contributed by atoms with Gasteiger partial charge in [-0.25, -0.2) is 4.79 Å². The molecular weight excluding hydrogens is 358 g/mol. The Morgan fingerprint density at radius 2 is 1.79 bits per heavy atom. The molecular formula is C21H31N3O4. The van der Waals surface area contributed by atoms with Gasteiger partial charge in [-0.15, -0.1) is 0 Å². The first-order chi connectivity index (χ1) is 13.4. The largest absolute Gasteiger partial charge is 0.416 e. The second-order valence-corrected chi connectivity index (χ2v) is 8.97. The zero-order chi connectivity index (χ0) is 19.9. The standard InChI is InChI=1S/C21H31N3O4/c1-15(2)28-20(27)22-11-7-16(8-12-22)23-10-4-9-21(14-23)13-18(25)24(19(21)26)17-5-3-6-17/h16-17H,1,3-14H2,2H3. The third-order valence-electron chi connectivity index (χ3n) is 6.98. The minimum Gasteiger partial charge on any atom is -0.416 e. The maximum Gasteiger partial charge on any atom is 0.414 e. The zero-order valence-corrected chi connectivity index (χ0v) is 16.8. The van der Waals surface area contributed by atoms with Gasteiger partial charge in [0.05, 0.1) is 11.2 Å². The predicted octanol–water partition coefficient (Wildman–Crippen LogP) is 2.51. The number of nitrogens with zero attached hydrogens (tertiary/aromatic N) is 3. The molecule has 4 fully saturated rings. The van der Waals surface area contributed by atoms with Crippen LogP contribution in [-0.4, -0.2) is 70.9 Å². The highest BCUT2D eigenvalue weighted by Crippen LogP contribution is 2.44. The van der Waals surface area contributed by atoms with Gasteiger partial charge in [-0.3, -0.25) is 19.4 Å². The van der Waals surface area contributed by atoms with Crippen molar-refractivity contribution in [3.05, 3.63) is 12.3 Å². The van der Waals surface area contributed by atoms with Gasteiger partial charge in [-0.2, -0.15) is 0 Å². The molecule has 1 saturated carbocycles. The van der Waals surface area contributed by atoms with E-state index in [2.05, 4.69) is 11.5 Å². The number of piperidine rings is 2. The van der Waals surface area contributed by atoms with Crippen LogP contribution in [0.15, 0.2) is 12.3 Å². The van der Waals surface area contributed by atoms with Crippen LogP contribution in [0.3, 0.4) is 0 Å². The first-order valence-corrected chi connectivity index (χ1v) is 10.6. The van der Waals surface area contributed by atoms with Crippen molar-refractivity contribution in [2.24, 2.45) is 5.41 Å². The summed E-state index contributed by atoms with van der Waals surface area (Å²) in [5.41, 5.74) is -0.513. The third-order valence-corrected chi connectivity index (χ3v) is 6.98. The third kappa shape index (κ3) is 3.45. The van der Waals surface area contributed by atoms with Gasteiger partial charge < -0.3 is 9.64 Å². The van der Waals surface area contributed by atoms with E-state index in [4.69, 9.17) is 4.74 Å². The second kappa shape index (κ2) is 7.50. The molecule has 0 radical (unpaired) electrons. The molecule has 3 amide bonds. The van der Waals surface area contributed by atoms with Crippen molar-refractivity contribution in [3.63, 3.8) is 0 Å². The molecule has 154 valence electrons. The van der Waals surface area contributed by atoms with E-state index < -0.39 is 5.41 Å². The summed E-state index contributed by atoms with van der Waals surface area (Å²) in [6.45, 7) is 8.25. The molecule has 1 aliphatic carbocycles. The monoisotopic (exact) mass is 389 g/mol. The van der Waals surface area contributed by atoms with Crippen molar-refractivity contribution in [1.82, 2.24) is 14.7 Å². The second-order valence-electron chi connectivity index (χ2n) is 8.97. The summed E-state index contributed by atoms with van der Waals surface area (Å²) in [5.74, 6) is 0.522. The summed E-state index contributed by atoms with van der Waals surface area (Å²) in [7, 11) is 0. The molecule has 1 atom stereocenters. The van der Waals surface area contributed by atoms with Crippen molar-refractivity contribution >= 4 is 17.9 Å². The highest BCUT2D eigenvalue weighted by molar-refractivity contribution is 6.06. The number of carbonyl (C=O) groups is 3. The molecule has 0 aromatic carbocycles. The van der Waals surface area contributed by atoms with Gasteiger partial charge in [0.1, 0.15) is 0 Å². The quantitative estimate of drug-likeness (QED) is 0.548. The van der Waals surface area contributed by atoms with E-state index >= 15 is 0 Å². The van der Waals surface area contributed by atoms with Crippen LogP contribution < -0.4 is 0 Å². The van der Waals surface area contributed by atoms with E-state index in [-0.39, 0.29) is 23.9 Å². The van der Waals surface area contributed by atoms with Crippen LogP contribution >= 0.6 is 0 Å². The van der Waals surface area contributed by atoms with Crippen molar-refractivity contribution in [3.8, 4) is 0 Å². The van der Waals surface area contributed by atoms with Gasteiger partial charge in [0.15, 0.2) is 0 Å². The SMILES string of the molecule is C=C(C)OC(=O)N1CCC(N2CCCC3(CC(=O)N(C4CCC4)C3=O)C2)CC1. The number of ether oxygens (including phenoxy) is 1. The van der Waals surface area contributed by atoms with E-state index in [1.54, 1.807) is 16.7 Å². The predicted molar refractivity (Wildman–Crippen MR) is 103 cm³/mol. The van der Waals surface area contributed by atoms with Crippen LogP contribution in [0, 0.1) is 5.41 Å². The lowest BCUT2D eigenvalue weighted by atomic mass is 9.77. The lowest BCUT2D eigenvalue weighted by Crippen LogP contribution is -2.55. The molecule has 0 aromatic heterocycles. The topological polar surface area (TPSA) is 70.2 Å². The summed E-state index contributed by atoms with van der Waals surface area (Å²) < 4.78 is 5.11. The van der Waals surface area contributed by atoms with Crippen molar-refractivity contribution < 1.29 is 19.1 Å². The Bertz CT molecular complexity index is 681. The molecule has 4 rings (SSSR count). The average molecular weight is 389 g/mol. The van der Waals surface area contributed by atoms with Crippen molar-refractivity contribution in [1.29, 1.82) is 0 Å². The highest BCUT2D eigenvalue weighted by atomic mass is 16.6. The number of imide groups is 1. The normalized spacial score (nSPS) is 30.0. The molecule has 7 heteroatoms. The summed E-state index contributed by atoms with van der Waals surface area (Å²) >= 11 is 0. The van der Waals surface area contributed by atoms with Crippen LogP contribution in [0.1, 0.15) is 58.3 Å². The van der Waals surface area contributed by atoms with E-state index in [1.807, 2.05) is 0 Å². The van der Waals surface area contributed by atoms with Gasteiger partial charge in [0, 0.05) is 38.1 Å². The molecule has 28 heavy (non-hydrogen) atoms. The Labute approximate surface area is 166 Å². The smallest absolute Gasteiger partial charge is 0.414 e. The van der Waals surface area contributed by atoms with E-state index in [1.165, 1.54) is 0 Å². The Balaban J connectivity index is 1.37. The van der Waals surface area contributed by atoms with Crippen LogP contribution in [0.2, 0.25) is 0 Å². The van der Waals surface area contributed by atoms with Crippen LogP contribution in [0.25, 0.3) is 0 Å². The summed E-state index contributed by atoms with van der Waals surface area (Å²) in [6, 6.07) is 0.504. The van der Waals surface area contributed by atoms with Gasteiger partial charge in [0.2, 0.25) is 11.8 Å². The number of hydrogen-bond acceptors (Lipinski definition) is 5. The molecule has 0 N–H and O–H groups in total. The van der Waals surface area contributed by atoms with E-state index in [9.17, 15) is 14.4 Å². The highest BCUT2D eigenvalue weighted by Gasteiger charge is 2.55. The fourth-order valence-corrected chi connectivity index (χ4v) is 5.26. The van der Waals surface area contributed by atoms with E-state index in [0.29, 0.717) is 37.9 Å². The van der Waals surface area contributed by atoms with Crippen LogP contribution in [-0.2, 0) is 14.3 Å². The van der Waals surface area contributed by atoms with Gasteiger partial charge >= 0.3 is 6.09 Å². The van der Waals surface area contributed by atoms with E-state index in [0.717, 1.165) is 51.5 Å². The zero-order valence-electron chi connectivity index (χ0n) is 16.8. The minimum absolute atomic E-state index is 0.0360. The fraction of sp³-hybridized carbons (Fsp3) is 0.762. The van der Waals surface area contributed by atoms with Crippen LogP contribution in [0.5, 0.6) is 0 Å². The Hall–Kier alpha value is -1.89. The molecule has 0 aromatic rings. The lowest BCUT2D eigenvalue weighted by molar-refractivity contribution is -0.147.